The Balaban J connectivity index is 1.62. The van der Waals surface area contributed by atoms with Gasteiger partial charge in [-0.25, -0.2) is 4.79 Å². The summed E-state index contributed by atoms with van der Waals surface area (Å²) in [5.41, 5.74) is 5.08. The number of imide groups is 1. The molecule has 30 heavy (non-hydrogen) atoms. The van der Waals surface area contributed by atoms with Crippen molar-refractivity contribution in [1.29, 1.82) is 0 Å². The van der Waals surface area contributed by atoms with E-state index in [-0.39, 0.29) is 18.1 Å². The molecule has 1 aliphatic heterocycles. The summed E-state index contributed by atoms with van der Waals surface area (Å²) in [5.74, 6) is 0.472. The Bertz CT molecular complexity index is 1130. The number of amides is 3. The minimum atomic E-state index is -0.404. The SMILES string of the molecule is COc1ccc(-n2c(C)cc(C=C3NC(=O)N(Cc4ccccc4)C3=O)c2C)cc1. The van der Waals surface area contributed by atoms with Gasteiger partial charge in [-0.1, -0.05) is 30.3 Å². The van der Waals surface area contributed by atoms with E-state index in [0.717, 1.165) is 34.0 Å². The summed E-state index contributed by atoms with van der Waals surface area (Å²) >= 11 is 0. The van der Waals surface area contributed by atoms with Crippen LogP contribution in [0.5, 0.6) is 5.75 Å². The fourth-order valence-electron chi connectivity index (χ4n) is 3.70. The van der Waals surface area contributed by atoms with Crippen molar-refractivity contribution in [2.24, 2.45) is 0 Å². The van der Waals surface area contributed by atoms with Crippen molar-refractivity contribution in [2.75, 3.05) is 7.11 Å². The number of benzene rings is 2. The first-order chi connectivity index (χ1) is 14.5. The zero-order valence-corrected chi connectivity index (χ0v) is 17.2. The van der Waals surface area contributed by atoms with E-state index in [2.05, 4.69) is 9.88 Å². The molecule has 1 aromatic heterocycles. The van der Waals surface area contributed by atoms with E-state index in [4.69, 9.17) is 4.74 Å². The van der Waals surface area contributed by atoms with Crippen LogP contribution >= 0.6 is 0 Å². The van der Waals surface area contributed by atoms with Gasteiger partial charge in [-0.2, -0.15) is 0 Å². The molecule has 1 aliphatic rings. The Morgan fingerprint density at radius 2 is 1.70 bits per heavy atom. The maximum Gasteiger partial charge on any atom is 0.329 e. The topological polar surface area (TPSA) is 63.6 Å². The minimum absolute atomic E-state index is 0.244. The summed E-state index contributed by atoms with van der Waals surface area (Å²) in [6, 6.07) is 18.9. The zero-order chi connectivity index (χ0) is 21.3. The number of urea groups is 1. The van der Waals surface area contributed by atoms with E-state index in [9.17, 15) is 9.59 Å². The first-order valence-corrected chi connectivity index (χ1v) is 9.70. The molecular formula is C24H23N3O3. The van der Waals surface area contributed by atoms with Crippen molar-refractivity contribution in [3.8, 4) is 11.4 Å². The van der Waals surface area contributed by atoms with Gasteiger partial charge in [-0.3, -0.25) is 9.69 Å². The van der Waals surface area contributed by atoms with Gasteiger partial charge >= 0.3 is 6.03 Å². The maximum atomic E-state index is 12.8. The molecule has 0 radical (unpaired) electrons. The van der Waals surface area contributed by atoms with E-state index >= 15 is 0 Å². The molecule has 6 nitrogen and oxygen atoms in total. The van der Waals surface area contributed by atoms with Crippen molar-refractivity contribution in [2.45, 2.75) is 20.4 Å². The minimum Gasteiger partial charge on any atom is -0.497 e. The number of aromatic nitrogens is 1. The van der Waals surface area contributed by atoms with E-state index < -0.39 is 6.03 Å². The molecule has 0 saturated carbocycles. The van der Waals surface area contributed by atoms with Gasteiger partial charge in [0.2, 0.25) is 0 Å². The second-order valence-corrected chi connectivity index (χ2v) is 7.22. The number of ether oxygens (including phenoxy) is 1. The normalized spacial score (nSPS) is 15.0. The molecule has 0 spiro atoms. The fraction of sp³-hybridized carbons (Fsp3) is 0.167. The van der Waals surface area contributed by atoms with Crippen molar-refractivity contribution >= 4 is 18.0 Å². The summed E-state index contributed by atoms with van der Waals surface area (Å²) < 4.78 is 7.34. The summed E-state index contributed by atoms with van der Waals surface area (Å²) in [5, 5.41) is 2.71. The average Bonchev–Trinajstić information content (AvgIpc) is 3.18. The molecule has 4 rings (SSSR count). The largest absolute Gasteiger partial charge is 0.497 e. The molecule has 3 amide bonds. The first kappa shape index (κ1) is 19.5. The molecule has 0 aliphatic carbocycles. The Hall–Kier alpha value is -3.80. The lowest BCUT2D eigenvalue weighted by Gasteiger charge is -2.11. The van der Waals surface area contributed by atoms with Crippen molar-refractivity contribution in [3.05, 3.63) is 88.9 Å². The van der Waals surface area contributed by atoms with Gasteiger partial charge in [0.15, 0.2) is 0 Å². The van der Waals surface area contributed by atoms with Crippen LogP contribution in [0.3, 0.4) is 0 Å². The lowest BCUT2D eigenvalue weighted by Crippen LogP contribution is -2.30. The smallest absolute Gasteiger partial charge is 0.329 e. The number of hydrogen-bond donors (Lipinski definition) is 1. The highest BCUT2D eigenvalue weighted by Gasteiger charge is 2.33. The first-order valence-electron chi connectivity index (χ1n) is 9.70. The summed E-state index contributed by atoms with van der Waals surface area (Å²) in [6.45, 7) is 4.25. The molecule has 152 valence electrons. The van der Waals surface area contributed by atoms with Crippen LogP contribution in [0, 0.1) is 13.8 Å². The number of nitrogens with zero attached hydrogens (tertiary/aromatic N) is 2. The van der Waals surface area contributed by atoms with Crippen molar-refractivity contribution < 1.29 is 14.3 Å². The van der Waals surface area contributed by atoms with Crippen LogP contribution in [0.2, 0.25) is 0 Å². The molecule has 0 unspecified atom stereocenters. The summed E-state index contributed by atoms with van der Waals surface area (Å²) in [6.07, 6.45) is 1.74. The Morgan fingerprint density at radius 1 is 1.00 bits per heavy atom. The zero-order valence-electron chi connectivity index (χ0n) is 17.2. The highest BCUT2D eigenvalue weighted by atomic mass is 16.5. The third-order valence-electron chi connectivity index (χ3n) is 5.25. The predicted octanol–water partition coefficient (Wildman–Crippen LogP) is 4.20. The van der Waals surface area contributed by atoms with Gasteiger partial charge in [-0.15, -0.1) is 0 Å². The number of carbonyl (C=O) groups excluding carboxylic acids is 2. The highest BCUT2D eigenvalue weighted by Crippen LogP contribution is 2.25. The molecule has 0 bridgehead atoms. The van der Waals surface area contributed by atoms with Crippen LogP contribution in [-0.2, 0) is 11.3 Å². The van der Waals surface area contributed by atoms with E-state index in [1.165, 1.54) is 4.90 Å². The number of rotatable bonds is 5. The van der Waals surface area contributed by atoms with E-state index in [1.54, 1.807) is 13.2 Å². The van der Waals surface area contributed by atoms with Crippen molar-refractivity contribution in [3.63, 3.8) is 0 Å². The fourth-order valence-corrected chi connectivity index (χ4v) is 3.70. The van der Waals surface area contributed by atoms with Crippen LogP contribution in [0.1, 0.15) is 22.5 Å². The quantitative estimate of drug-likeness (QED) is 0.515. The van der Waals surface area contributed by atoms with Gasteiger partial charge < -0.3 is 14.6 Å². The lowest BCUT2D eigenvalue weighted by molar-refractivity contribution is -0.123. The van der Waals surface area contributed by atoms with Crippen LogP contribution in [0.25, 0.3) is 11.8 Å². The van der Waals surface area contributed by atoms with Gasteiger partial charge in [0.05, 0.1) is 13.7 Å². The molecule has 1 N–H and O–H groups in total. The molecule has 6 heteroatoms. The lowest BCUT2D eigenvalue weighted by atomic mass is 10.2. The number of hydrogen-bond acceptors (Lipinski definition) is 3. The van der Waals surface area contributed by atoms with Gasteiger partial charge in [0, 0.05) is 17.1 Å². The van der Waals surface area contributed by atoms with Crippen LogP contribution in [0.4, 0.5) is 4.79 Å². The molecule has 0 atom stereocenters. The van der Waals surface area contributed by atoms with Crippen molar-refractivity contribution in [1.82, 2.24) is 14.8 Å². The number of methoxy groups -OCH3 is 1. The van der Waals surface area contributed by atoms with Gasteiger partial charge in [-0.05, 0) is 61.4 Å². The van der Waals surface area contributed by atoms with E-state index in [1.807, 2.05) is 74.5 Å². The van der Waals surface area contributed by atoms with Gasteiger partial charge in [0.25, 0.3) is 5.91 Å². The third-order valence-corrected chi connectivity index (χ3v) is 5.25. The standard InChI is InChI=1S/C24H23N3O3/c1-16-13-19(17(2)27(16)20-9-11-21(30-3)12-10-20)14-22-23(28)26(24(29)25-22)15-18-7-5-4-6-8-18/h4-14H,15H2,1-3H3,(H,25,29). The highest BCUT2D eigenvalue weighted by molar-refractivity contribution is 6.13. The van der Waals surface area contributed by atoms with Gasteiger partial charge in [0.1, 0.15) is 11.4 Å². The van der Waals surface area contributed by atoms with Crippen LogP contribution in [0.15, 0.2) is 66.4 Å². The monoisotopic (exact) mass is 401 g/mol. The Kier molecular flexibility index (Phi) is 5.14. The van der Waals surface area contributed by atoms with Crippen LogP contribution in [-0.4, -0.2) is 28.5 Å². The molecule has 3 aromatic rings. The summed E-state index contributed by atoms with van der Waals surface area (Å²) in [4.78, 5) is 26.4. The number of nitrogens with one attached hydrogen (secondary N) is 1. The Morgan fingerprint density at radius 3 is 2.37 bits per heavy atom. The molecular weight excluding hydrogens is 378 g/mol. The Labute approximate surface area is 175 Å². The number of aryl methyl sites for hydroxylation is 1. The average molecular weight is 401 g/mol. The third kappa shape index (κ3) is 3.59. The molecule has 2 heterocycles. The predicted molar refractivity (Wildman–Crippen MR) is 115 cm³/mol. The molecule has 1 saturated heterocycles. The summed E-state index contributed by atoms with van der Waals surface area (Å²) in [7, 11) is 1.64. The maximum absolute atomic E-state index is 12.8. The van der Waals surface area contributed by atoms with Crippen LogP contribution < -0.4 is 10.1 Å². The molecule has 1 fully saturated rings. The molecule has 2 aromatic carbocycles. The second kappa shape index (κ2) is 7.91. The number of carbonyl (C=O) groups is 2. The van der Waals surface area contributed by atoms with E-state index in [0.29, 0.717) is 0 Å². The second-order valence-electron chi connectivity index (χ2n) is 7.22.